The molecular formula is C19H31N. The van der Waals surface area contributed by atoms with E-state index in [9.17, 15) is 0 Å². The molecule has 0 amide bonds. The number of hydrogen-bond donors (Lipinski definition) is 1. The number of benzene rings is 1. The fraction of sp³-hybridized carbons (Fsp3) is 0.684. The van der Waals surface area contributed by atoms with Crippen LogP contribution in [0.15, 0.2) is 24.3 Å². The van der Waals surface area contributed by atoms with Crippen LogP contribution in [0.3, 0.4) is 0 Å². The molecular weight excluding hydrogens is 242 g/mol. The quantitative estimate of drug-likeness (QED) is 0.792. The summed E-state index contributed by atoms with van der Waals surface area (Å²) >= 11 is 0. The SMILES string of the molecule is CC(C)(CCc1ccc(C(C)(C)C)cc1)CNC1CC1. The molecule has 0 atom stereocenters. The van der Waals surface area contributed by atoms with Gasteiger partial charge in [0.2, 0.25) is 0 Å². The molecule has 112 valence electrons. The zero-order valence-electron chi connectivity index (χ0n) is 13.9. The molecule has 0 heterocycles. The van der Waals surface area contributed by atoms with Crippen LogP contribution in [0.4, 0.5) is 0 Å². The average molecular weight is 273 g/mol. The molecule has 0 bridgehead atoms. The molecule has 2 rings (SSSR count). The van der Waals surface area contributed by atoms with Gasteiger partial charge in [0.25, 0.3) is 0 Å². The van der Waals surface area contributed by atoms with Gasteiger partial charge in [-0.05, 0) is 47.6 Å². The first-order valence-corrected chi connectivity index (χ1v) is 8.09. The largest absolute Gasteiger partial charge is 0.313 e. The van der Waals surface area contributed by atoms with Gasteiger partial charge in [0.05, 0.1) is 0 Å². The molecule has 0 radical (unpaired) electrons. The standard InChI is InChI=1S/C19H31N/c1-18(2,3)16-8-6-15(7-9-16)12-13-19(4,5)14-20-17-10-11-17/h6-9,17,20H,10-14H2,1-5H3. The minimum atomic E-state index is 0.256. The summed E-state index contributed by atoms with van der Waals surface area (Å²) in [6, 6.07) is 10.0. The first-order valence-electron chi connectivity index (χ1n) is 8.09. The lowest BCUT2D eigenvalue weighted by Gasteiger charge is -2.25. The molecule has 1 fully saturated rings. The van der Waals surface area contributed by atoms with Crippen molar-refractivity contribution >= 4 is 0 Å². The van der Waals surface area contributed by atoms with Gasteiger partial charge in [0.15, 0.2) is 0 Å². The van der Waals surface area contributed by atoms with E-state index >= 15 is 0 Å². The summed E-state index contributed by atoms with van der Waals surface area (Å²) in [4.78, 5) is 0. The summed E-state index contributed by atoms with van der Waals surface area (Å²) < 4.78 is 0. The Morgan fingerprint density at radius 2 is 1.60 bits per heavy atom. The lowest BCUT2D eigenvalue weighted by atomic mass is 9.84. The molecule has 0 aromatic heterocycles. The van der Waals surface area contributed by atoms with Crippen molar-refractivity contribution in [1.82, 2.24) is 5.32 Å². The van der Waals surface area contributed by atoms with Crippen LogP contribution in [0.25, 0.3) is 0 Å². The average Bonchev–Trinajstić information content (AvgIpc) is 3.18. The molecule has 0 unspecified atom stereocenters. The molecule has 1 aliphatic carbocycles. The molecule has 20 heavy (non-hydrogen) atoms. The van der Waals surface area contributed by atoms with Crippen LogP contribution in [0.2, 0.25) is 0 Å². The summed E-state index contributed by atoms with van der Waals surface area (Å²) in [5, 5.41) is 3.66. The van der Waals surface area contributed by atoms with Crippen LogP contribution < -0.4 is 5.32 Å². The van der Waals surface area contributed by atoms with Crippen LogP contribution in [0.5, 0.6) is 0 Å². The Hall–Kier alpha value is -0.820. The topological polar surface area (TPSA) is 12.0 Å². The van der Waals surface area contributed by atoms with Gasteiger partial charge in [0.1, 0.15) is 0 Å². The maximum atomic E-state index is 3.66. The Kier molecular flexibility index (Phi) is 4.59. The third-order valence-corrected chi connectivity index (χ3v) is 4.36. The molecule has 0 saturated heterocycles. The third kappa shape index (κ3) is 4.94. The lowest BCUT2D eigenvalue weighted by Crippen LogP contribution is -2.31. The van der Waals surface area contributed by atoms with Gasteiger partial charge in [-0.2, -0.15) is 0 Å². The smallest absolute Gasteiger partial charge is 0.00684 e. The number of aryl methyl sites for hydroxylation is 1. The summed E-state index contributed by atoms with van der Waals surface area (Å²) in [5.74, 6) is 0. The predicted molar refractivity (Wildman–Crippen MR) is 88.3 cm³/mol. The fourth-order valence-corrected chi connectivity index (χ4v) is 2.45. The summed E-state index contributed by atoms with van der Waals surface area (Å²) in [7, 11) is 0. The Labute approximate surface area is 125 Å². The molecule has 0 aliphatic heterocycles. The highest BCUT2D eigenvalue weighted by Crippen LogP contribution is 2.27. The van der Waals surface area contributed by atoms with E-state index in [2.05, 4.69) is 64.2 Å². The number of nitrogens with one attached hydrogen (secondary N) is 1. The Morgan fingerprint density at radius 3 is 2.10 bits per heavy atom. The fourth-order valence-electron chi connectivity index (χ4n) is 2.45. The van der Waals surface area contributed by atoms with E-state index in [1.165, 1.54) is 36.8 Å². The highest BCUT2D eigenvalue weighted by molar-refractivity contribution is 5.27. The van der Waals surface area contributed by atoms with Gasteiger partial charge in [-0.15, -0.1) is 0 Å². The van der Waals surface area contributed by atoms with Crippen molar-refractivity contribution in [3.05, 3.63) is 35.4 Å². The van der Waals surface area contributed by atoms with Crippen LogP contribution in [0.1, 0.15) is 65.0 Å². The van der Waals surface area contributed by atoms with Crippen molar-refractivity contribution in [3.63, 3.8) is 0 Å². The van der Waals surface area contributed by atoms with Crippen molar-refractivity contribution in [1.29, 1.82) is 0 Å². The van der Waals surface area contributed by atoms with E-state index in [0.29, 0.717) is 5.41 Å². The zero-order chi connectivity index (χ0) is 14.8. The highest BCUT2D eigenvalue weighted by atomic mass is 15.0. The van der Waals surface area contributed by atoms with Crippen LogP contribution in [-0.2, 0) is 11.8 Å². The summed E-state index contributed by atoms with van der Waals surface area (Å²) in [6.07, 6.45) is 5.19. The van der Waals surface area contributed by atoms with Crippen molar-refractivity contribution in [2.24, 2.45) is 5.41 Å². The molecule has 1 saturated carbocycles. The Balaban J connectivity index is 1.83. The summed E-state index contributed by atoms with van der Waals surface area (Å²) in [5.41, 5.74) is 3.55. The third-order valence-electron chi connectivity index (χ3n) is 4.36. The van der Waals surface area contributed by atoms with E-state index in [4.69, 9.17) is 0 Å². The maximum Gasteiger partial charge on any atom is 0.00684 e. The lowest BCUT2D eigenvalue weighted by molar-refractivity contribution is 0.313. The van der Waals surface area contributed by atoms with Crippen molar-refractivity contribution in [2.75, 3.05) is 6.54 Å². The van der Waals surface area contributed by atoms with E-state index in [1.807, 2.05) is 0 Å². The molecule has 1 nitrogen and oxygen atoms in total. The second-order valence-corrected chi connectivity index (χ2v) is 8.27. The zero-order valence-corrected chi connectivity index (χ0v) is 13.9. The van der Waals surface area contributed by atoms with Crippen molar-refractivity contribution in [3.8, 4) is 0 Å². The molecule has 1 aromatic carbocycles. The van der Waals surface area contributed by atoms with Crippen LogP contribution in [0, 0.1) is 5.41 Å². The van der Waals surface area contributed by atoms with E-state index in [-0.39, 0.29) is 5.41 Å². The van der Waals surface area contributed by atoms with Gasteiger partial charge < -0.3 is 5.32 Å². The molecule has 1 aliphatic rings. The molecule has 1 N–H and O–H groups in total. The second-order valence-electron chi connectivity index (χ2n) is 8.27. The first kappa shape index (κ1) is 15.6. The molecule has 0 spiro atoms. The van der Waals surface area contributed by atoms with E-state index in [1.54, 1.807) is 0 Å². The Bertz CT molecular complexity index is 418. The van der Waals surface area contributed by atoms with Crippen LogP contribution in [-0.4, -0.2) is 12.6 Å². The van der Waals surface area contributed by atoms with Gasteiger partial charge in [0, 0.05) is 12.6 Å². The number of rotatable bonds is 6. The minimum Gasteiger partial charge on any atom is -0.313 e. The van der Waals surface area contributed by atoms with Crippen molar-refractivity contribution < 1.29 is 0 Å². The first-order chi connectivity index (χ1) is 9.26. The monoisotopic (exact) mass is 273 g/mol. The van der Waals surface area contributed by atoms with Crippen molar-refractivity contribution in [2.45, 2.75) is 71.8 Å². The minimum absolute atomic E-state index is 0.256. The Morgan fingerprint density at radius 1 is 1.00 bits per heavy atom. The van der Waals surface area contributed by atoms with E-state index < -0.39 is 0 Å². The summed E-state index contributed by atoms with van der Waals surface area (Å²) in [6.45, 7) is 12.7. The second kappa shape index (κ2) is 5.89. The number of hydrogen-bond acceptors (Lipinski definition) is 1. The van der Waals surface area contributed by atoms with E-state index in [0.717, 1.165) is 12.6 Å². The normalized spacial score (nSPS) is 16.4. The van der Waals surface area contributed by atoms with Gasteiger partial charge >= 0.3 is 0 Å². The molecule has 1 aromatic rings. The van der Waals surface area contributed by atoms with Gasteiger partial charge in [-0.3, -0.25) is 0 Å². The van der Waals surface area contributed by atoms with Crippen LogP contribution >= 0.6 is 0 Å². The highest BCUT2D eigenvalue weighted by Gasteiger charge is 2.25. The molecule has 1 heteroatoms. The van der Waals surface area contributed by atoms with Gasteiger partial charge in [-0.25, -0.2) is 0 Å². The predicted octanol–water partition coefficient (Wildman–Crippen LogP) is 4.69. The van der Waals surface area contributed by atoms with Gasteiger partial charge in [-0.1, -0.05) is 58.9 Å². The maximum absolute atomic E-state index is 3.66.